The quantitative estimate of drug-likeness (QED) is 0.704. The number of nitriles is 1. The number of nitrogens with zero attached hydrogens (tertiary/aromatic N) is 2. The van der Waals surface area contributed by atoms with Crippen molar-refractivity contribution in [2.45, 2.75) is 18.9 Å². The Morgan fingerprint density at radius 3 is 3.07 bits per heavy atom. The molecule has 78 valence electrons. The van der Waals surface area contributed by atoms with Crippen LogP contribution in [0.1, 0.15) is 23.7 Å². The smallest absolute Gasteiger partial charge is 0.165 e. The van der Waals surface area contributed by atoms with E-state index in [9.17, 15) is 5.11 Å². The summed E-state index contributed by atoms with van der Waals surface area (Å²) in [7, 11) is 2.07. The van der Waals surface area contributed by atoms with Crippen molar-refractivity contribution >= 4 is 5.69 Å². The van der Waals surface area contributed by atoms with Crippen LogP contribution in [-0.2, 0) is 6.42 Å². The molecule has 15 heavy (non-hydrogen) atoms. The predicted octanol–water partition coefficient (Wildman–Crippen LogP) is 1.63. The minimum atomic E-state index is -0.998. The van der Waals surface area contributed by atoms with Crippen molar-refractivity contribution in [3.63, 3.8) is 0 Å². The molecule has 1 aromatic rings. The van der Waals surface area contributed by atoms with Crippen molar-refractivity contribution in [3.8, 4) is 6.07 Å². The normalized spacial score (nSPS) is 16.7. The van der Waals surface area contributed by atoms with Gasteiger partial charge < -0.3 is 10.0 Å². The fourth-order valence-corrected chi connectivity index (χ4v) is 2.05. The molecule has 0 saturated carbocycles. The van der Waals surface area contributed by atoms with E-state index in [4.69, 9.17) is 5.26 Å². The Kier molecular flexibility index (Phi) is 2.61. The average molecular weight is 202 g/mol. The zero-order chi connectivity index (χ0) is 10.8. The van der Waals surface area contributed by atoms with Gasteiger partial charge in [0.2, 0.25) is 0 Å². The van der Waals surface area contributed by atoms with Gasteiger partial charge in [-0.1, -0.05) is 12.1 Å². The van der Waals surface area contributed by atoms with Crippen LogP contribution < -0.4 is 4.90 Å². The fraction of sp³-hybridized carbons (Fsp3) is 0.417. The number of aliphatic hydroxyl groups excluding tert-OH is 1. The van der Waals surface area contributed by atoms with Crippen LogP contribution in [0.4, 0.5) is 5.69 Å². The van der Waals surface area contributed by atoms with Crippen LogP contribution in [-0.4, -0.2) is 18.7 Å². The molecule has 1 unspecified atom stereocenters. The number of rotatable bonds is 1. The largest absolute Gasteiger partial charge is 0.374 e. The number of hydrogen-bond acceptors (Lipinski definition) is 3. The van der Waals surface area contributed by atoms with Crippen molar-refractivity contribution in [3.05, 3.63) is 29.3 Å². The van der Waals surface area contributed by atoms with Crippen molar-refractivity contribution in [1.29, 1.82) is 5.26 Å². The van der Waals surface area contributed by atoms with Crippen molar-refractivity contribution in [2.24, 2.45) is 0 Å². The van der Waals surface area contributed by atoms with E-state index in [1.807, 2.05) is 24.3 Å². The molecule has 0 amide bonds. The first-order valence-electron chi connectivity index (χ1n) is 5.14. The number of hydrogen-bond donors (Lipinski definition) is 1. The van der Waals surface area contributed by atoms with Crippen LogP contribution in [0.15, 0.2) is 18.2 Å². The van der Waals surface area contributed by atoms with Crippen molar-refractivity contribution in [1.82, 2.24) is 0 Å². The van der Waals surface area contributed by atoms with Gasteiger partial charge in [-0.05, 0) is 30.0 Å². The van der Waals surface area contributed by atoms with Crippen LogP contribution >= 0.6 is 0 Å². The van der Waals surface area contributed by atoms with E-state index < -0.39 is 6.10 Å². The van der Waals surface area contributed by atoms with E-state index in [0.29, 0.717) is 5.56 Å². The highest BCUT2D eigenvalue weighted by molar-refractivity contribution is 5.56. The molecule has 1 aromatic carbocycles. The maximum atomic E-state index is 9.42. The molecular formula is C12H14N2O. The summed E-state index contributed by atoms with van der Waals surface area (Å²) in [6.07, 6.45) is 1.17. The Labute approximate surface area is 89.6 Å². The summed E-state index contributed by atoms with van der Waals surface area (Å²) in [4.78, 5) is 2.21. The summed E-state index contributed by atoms with van der Waals surface area (Å²) in [6.45, 7) is 1.08. The van der Waals surface area contributed by atoms with Crippen LogP contribution in [0.25, 0.3) is 0 Å². The van der Waals surface area contributed by atoms with E-state index in [1.165, 1.54) is 11.3 Å². The maximum absolute atomic E-state index is 9.42. The molecule has 0 bridgehead atoms. The monoisotopic (exact) mass is 202 g/mol. The number of anilines is 1. The molecule has 1 N–H and O–H groups in total. The number of benzene rings is 1. The molecule has 0 saturated heterocycles. The van der Waals surface area contributed by atoms with Gasteiger partial charge in [-0.2, -0.15) is 5.26 Å². The Morgan fingerprint density at radius 1 is 1.53 bits per heavy atom. The second kappa shape index (κ2) is 3.92. The van der Waals surface area contributed by atoms with Gasteiger partial charge in [-0.15, -0.1) is 0 Å². The maximum Gasteiger partial charge on any atom is 0.165 e. The second-order valence-corrected chi connectivity index (χ2v) is 3.94. The van der Waals surface area contributed by atoms with Gasteiger partial charge in [0, 0.05) is 19.3 Å². The molecule has 1 heterocycles. The van der Waals surface area contributed by atoms with Crippen molar-refractivity contribution in [2.75, 3.05) is 18.5 Å². The van der Waals surface area contributed by atoms with E-state index in [1.54, 1.807) is 0 Å². The zero-order valence-electron chi connectivity index (χ0n) is 8.77. The Morgan fingerprint density at radius 2 is 2.33 bits per heavy atom. The SMILES string of the molecule is CN1CCCc2cc(C(O)C#N)ccc21. The minimum Gasteiger partial charge on any atom is -0.374 e. The molecule has 0 aliphatic carbocycles. The summed E-state index contributed by atoms with van der Waals surface area (Å²) >= 11 is 0. The molecule has 0 aromatic heterocycles. The fourth-order valence-electron chi connectivity index (χ4n) is 2.05. The van der Waals surface area contributed by atoms with Crippen LogP contribution in [0, 0.1) is 11.3 Å². The minimum absolute atomic E-state index is 0.701. The summed E-state index contributed by atoms with van der Waals surface area (Å²) < 4.78 is 0. The molecular weight excluding hydrogens is 188 g/mol. The van der Waals surface area contributed by atoms with Crippen LogP contribution in [0.2, 0.25) is 0 Å². The van der Waals surface area contributed by atoms with Gasteiger partial charge in [-0.25, -0.2) is 0 Å². The number of aliphatic hydroxyl groups is 1. The predicted molar refractivity (Wildman–Crippen MR) is 58.6 cm³/mol. The highest BCUT2D eigenvalue weighted by Crippen LogP contribution is 2.28. The number of aryl methyl sites for hydroxylation is 1. The lowest BCUT2D eigenvalue weighted by Crippen LogP contribution is -2.24. The molecule has 1 aliphatic rings. The van der Waals surface area contributed by atoms with Gasteiger partial charge in [0.25, 0.3) is 0 Å². The van der Waals surface area contributed by atoms with Gasteiger partial charge >= 0.3 is 0 Å². The first kappa shape index (κ1) is 10.0. The van der Waals surface area contributed by atoms with Crippen molar-refractivity contribution < 1.29 is 5.11 Å². The summed E-state index contributed by atoms with van der Waals surface area (Å²) in [6, 6.07) is 7.60. The highest BCUT2D eigenvalue weighted by Gasteiger charge is 2.15. The molecule has 3 heteroatoms. The second-order valence-electron chi connectivity index (χ2n) is 3.94. The standard InChI is InChI=1S/C12H14N2O/c1-14-6-2-3-9-7-10(12(15)8-13)4-5-11(9)14/h4-5,7,12,15H,2-3,6H2,1H3. The zero-order valence-corrected chi connectivity index (χ0v) is 8.77. The Balaban J connectivity index is 2.38. The molecule has 1 atom stereocenters. The number of fused-ring (bicyclic) bond motifs is 1. The third-order valence-electron chi connectivity index (χ3n) is 2.89. The average Bonchev–Trinajstić information content (AvgIpc) is 2.28. The van der Waals surface area contributed by atoms with E-state index in [0.717, 1.165) is 19.4 Å². The third kappa shape index (κ3) is 1.81. The summed E-state index contributed by atoms with van der Waals surface area (Å²) in [5.41, 5.74) is 3.15. The van der Waals surface area contributed by atoms with Gasteiger partial charge in [0.1, 0.15) is 0 Å². The lowest BCUT2D eigenvalue weighted by molar-refractivity contribution is 0.236. The lowest BCUT2D eigenvalue weighted by Gasteiger charge is -2.27. The Bertz CT molecular complexity index is 409. The van der Waals surface area contributed by atoms with Crippen LogP contribution in [0.3, 0.4) is 0 Å². The van der Waals surface area contributed by atoms with E-state index in [-0.39, 0.29) is 0 Å². The molecule has 0 fully saturated rings. The first-order chi connectivity index (χ1) is 7.22. The third-order valence-corrected chi connectivity index (χ3v) is 2.89. The first-order valence-corrected chi connectivity index (χ1v) is 5.14. The topological polar surface area (TPSA) is 47.3 Å². The molecule has 0 radical (unpaired) electrons. The lowest BCUT2D eigenvalue weighted by atomic mass is 9.98. The molecule has 0 spiro atoms. The van der Waals surface area contributed by atoms with E-state index in [2.05, 4.69) is 11.9 Å². The highest BCUT2D eigenvalue weighted by atomic mass is 16.3. The molecule has 1 aliphatic heterocycles. The molecule has 3 nitrogen and oxygen atoms in total. The van der Waals surface area contributed by atoms with Gasteiger partial charge in [0.15, 0.2) is 6.10 Å². The molecule has 2 rings (SSSR count). The van der Waals surface area contributed by atoms with Gasteiger partial charge in [-0.3, -0.25) is 0 Å². The Hall–Kier alpha value is -1.53. The summed E-state index contributed by atoms with van der Waals surface area (Å²) in [5.74, 6) is 0. The van der Waals surface area contributed by atoms with Gasteiger partial charge in [0.05, 0.1) is 6.07 Å². The van der Waals surface area contributed by atoms with Crippen LogP contribution in [0.5, 0.6) is 0 Å². The van der Waals surface area contributed by atoms with E-state index >= 15 is 0 Å². The summed E-state index contributed by atoms with van der Waals surface area (Å²) in [5, 5.41) is 18.1.